The Morgan fingerprint density at radius 3 is 2.49 bits per heavy atom. The van der Waals surface area contributed by atoms with E-state index in [4.69, 9.17) is 4.74 Å². The summed E-state index contributed by atoms with van der Waals surface area (Å²) in [5.41, 5.74) is 5.39. The summed E-state index contributed by atoms with van der Waals surface area (Å²) in [6.07, 6.45) is 5.53. The Hall–Kier alpha value is -3.93. The van der Waals surface area contributed by atoms with Crippen molar-refractivity contribution in [1.29, 1.82) is 0 Å². The Bertz CT molecular complexity index is 1280. The molecular weight excluding hydrogens is 436 g/mol. The van der Waals surface area contributed by atoms with Crippen LogP contribution in [0.25, 0.3) is 10.9 Å². The number of pyridine rings is 2. The van der Waals surface area contributed by atoms with Crippen molar-refractivity contribution in [3.05, 3.63) is 83.7 Å². The number of ketones is 1. The van der Waals surface area contributed by atoms with Gasteiger partial charge >= 0.3 is 0 Å². The molecule has 4 rings (SSSR count). The first kappa shape index (κ1) is 24.2. The quantitative estimate of drug-likeness (QED) is 0.185. The van der Waals surface area contributed by atoms with Crippen molar-refractivity contribution >= 4 is 33.9 Å². The minimum atomic E-state index is 0.0857. The van der Waals surface area contributed by atoms with E-state index in [1.54, 1.807) is 12.4 Å². The van der Waals surface area contributed by atoms with Crippen molar-refractivity contribution in [3.63, 3.8) is 0 Å². The molecular formula is C29H32N4O2. The highest BCUT2D eigenvalue weighted by Crippen LogP contribution is 2.36. The van der Waals surface area contributed by atoms with Gasteiger partial charge in [-0.25, -0.2) is 4.98 Å². The second kappa shape index (κ2) is 11.5. The summed E-state index contributed by atoms with van der Waals surface area (Å²) in [6.45, 7) is 7.44. The molecule has 0 bridgehead atoms. The van der Waals surface area contributed by atoms with Gasteiger partial charge in [-0.15, -0.1) is 0 Å². The molecule has 0 saturated heterocycles. The number of hydrogen-bond acceptors (Lipinski definition) is 6. The van der Waals surface area contributed by atoms with Crippen LogP contribution in [0.4, 0.5) is 17.2 Å². The van der Waals surface area contributed by atoms with Crippen LogP contribution < -0.4 is 15.4 Å². The number of aromatic nitrogens is 2. The summed E-state index contributed by atoms with van der Waals surface area (Å²) >= 11 is 0. The standard InChI is InChI=1S/C29H32N4O2/c1-4-10-24(34)23-19-32-29-22(28(23)33-27-20(2)11-7-12-21(27)3)13-8-14-25(29)35-18-9-17-31-26-15-5-6-16-30-26/h5-8,11-16,19H,4,9-10,17-18H2,1-3H3,(H,30,31)(H,32,33). The van der Waals surface area contributed by atoms with Gasteiger partial charge in [-0.1, -0.05) is 43.3 Å². The van der Waals surface area contributed by atoms with Gasteiger partial charge in [0, 0.05) is 36.4 Å². The third kappa shape index (κ3) is 5.77. The van der Waals surface area contributed by atoms with Crippen molar-refractivity contribution in [2.24, 2.45) is 0 Å². The van der Waals surface area contributed by atoms with Gasteiger partial charge in [-0.3, -0.25) is 9.78 Å². The average Bonchev–Trinajstić information content (AvgIpc) is 2.87. The summed E-state index contributed by atoms with van der Waals surface area (Å²) in [4.78, 5) is 21.9. The second-order valence-electron chi connectivity index (χ2n) is 8.61. The number of carbonyl (C=O) groups excluding carboxylic acids is 1. The molecule has 0 saturated carbocycles. The van der Waals surface area contributed by atoms with Crippen LogP contribution in [0.2, 0.25) is 0 Å². The Labute approximate surface area is 206 Å². The number of carbonyl (C=O) groups is 1. The number of nitrogens with one attached hydrogen (secondary N) is 2. The number of para-hydroxylation sites is 2. The number of hydrogen-bond donors (Lipinski definition) is 2. The fourth-order valence-electron chi connectivity index (χ4n) is 4.09. The van der Waals surface area contributed by atoms with E-state index in [1.165, 1.54) is 0 Å². The number of ether oxygens (including phenoxy) is 1. The molecule has 0 unspecified atom stereocenters. The lowest BCUT2D eigenvalue weighted by Gasteiger charge is -2.18. The first-order valence-electron chi connectivity index (χ1n) is 12.1. The van der Waals surface area contributed by atoms with E-state index in [1.807, 2.05) is 49.4 Å². The summed E-state index contributed by atoms with van der Waals surface area (Å²) in [7, 11) is 0. The molecule has 0 radical (unpaired) electrons. The molecule has 6 nitrogen and oxygen atoms in total. The van der Waals surface area contributed by atoms with Gasteiger partial charge in [-0.05, 0) is 56.0 Å². The predicted octanol–water partition coefficient (Wildman–Crippen LogP) is 6.85. The second-order valence-corrected chi connectivity index (χ2v) is 8.61. The molecule has 180 valence electrons. The Kier molecular flexibility index (Phi) is 7.93. The van der Waals surface area contributed by atoms with E-state index in [0.717, 1.165) is 58.6 Å². The molecule has 0 aliphatic heterocycles. The van der Waals surface area contributed by atoms with Crippen LogP contribution in [0, 0.1) is 13.8 Å². The maximum Gasteiger partial charge on any atom is 0.166 e. The van der Waals surface area contributed by atoms with Crippen LogP contribution >= 0.6 is 0 Å². The zero-order chi connectivity index (χ0) is 24.6. The SMILES string of the molecule is CCCC(=O)c1cnc2c(OCCCNc3ccccn3)cccc2c1Nc1c(C)cccc1C. The maximum absolute atomic E-state index is 13.0. The van der Waals surface area contributed by atoms with Gasteiger partial charge in [-0.2, -0.15) is 0 Å². The fourth-order valence-corrected chi connectivity index (χ4v) is 4.09. The molecule has 0 atom stereocenters. The number of Topliss-reactive ketones (excluding diaryl/α,β-unsaturated/α-hetero) is 1. The summed E-state index contributed by atoms with van der Waals surface area (Å²) in [5, 5.41) is 7.75. The summed E-state index contributed by atoms with van der Waals surface area (Å²) in [5.74, 6) is 1.65. The number of anilines is 3. The zero-order valence-corrected chi connectivity index (χ0v) is 20.6. The van der Waals surface area contributed by atoms with Gasteiger partial charge in [0.05, 0.1) is 17.9 Å². The van der Waals surface area contributed by atoms with Gasteiger partial charge < -0.3 is 15.4 Å². The van der Waals surface area contributed by atoms with Gasteiger partial charge in [0.15, 0.2) is 5.78 Å². The molecule has 0 aliphatic rings. The molecule has 0 amide bonds. The average molecular weight is 469 g/mol. The summed E-state index contributed by atoms with van der Waals surface area (Å²) < 4.78 is 6.12. The predicted molar refractivity (Wildman–Crippen MR) is 143 cm³/mol. The van der Waals surface area contributed by atoms with Crippen molar-refractivity contribution in [3.8, 4) is 5.75 Å². The fraction of sp³-hybridized carbons (Fsp3) is 0.276. The third-order valence-electron chi connectivity index (χ3n) is 5.92. The zero-order valence-electron chi connectivity index (χ0n) is 20.6. The number of aryl methyl sites for hydroxylation is 2. The molecule has 6 heteroatoms. The van der Waals surface area contributed by atoms with Crippen LogP contribution in [0.3, 0.4) is 0 Å². The highest BCUT2D eigenvalue weighted by atomic mass is 16.5. The van der Waals surface area contributed by atoms with E-state index < -0.39 is 0 Å². The van der Waals surface area contributed by atoms with Crippen molar-refractivity contribution in [2.75, 3.05) is 23.8 Å². The first-order valence-corrected chi connectivity index (χ1v) is 12.1. The Morgan fingerprint density at radius 1 is 0.943 bits per heavy atom. The lowest BCUT2D eigenvalue weighted by molar-refractivity contribution is 0.0982. The lowest BCUT2D eigenvalue weighted by Crippen LogP contribution is -2.09. The maximum atomic E-state index is 13.0. The van der Waals surface area contributed by atoms with E-state index in [0.29, 0.717) is 24.3 Å². The highest BCUT2D eigenvalue weighted by molar-refractivity contribution is 6.10. The van der Waals surface area contributed by atoms with Crippen LogP contribution in [-0.4, -0.2) is 28.9 Å². The van der Waals surface area contributed by atoms with Crippen molar-refractivity contribution in [2.45, 2.75) is 40.0 Å². The van der Waals surface area contributed by atoms with Gasteiger partial charge in [0.25, 0.3) is 0 Å². The molecule has 0 spiro atoms. The van der Waals surface area contributed by atoms with E-state index in [-0.39, 0.29) is 5.78 Å². The smallest absolute Gasteiger partial charge is 0.166 e. The normalized spacial score (nSPS) is 10.8. The minimum Gasteiger partial charge on any atom is -0.491 e. The number of rotatable bonds is 11. The topological polar surface area (TPSA) is 76.1 Å². The molecule has 35 heavy (non-hydrogen) atoms. The van der Waals surface area contributed by atoms with Gasteiger partial charge in [0.2, 0.25) is 0 Å². The highest BCUT2D eigenvalue weighted by Gasteiger charge is 2.18. The Balaban J connectivity index is 1.60. The minimum absolute atomic E-state index is 0.0857. The third-order valence-corrected chi connectivity index (χ3v) is 5.92. The van der Waals surface area contributed by atoms with Crippen LogP contribution in [0.1, 0.15) is 47.7 Å². The largest absolute Gasteiger partial charge is 0.491 e. The molecule has 2 aromatic heterocycles. The van der Waals surface area contributed by atoms with Gasteiger partial charge in [0.1, 0.15) is 17.1 Å². The van der Waals surface area contributed by atoms with E-state index in [2.05, 4.69) is 46.6 Å². The van der Waals surface area contributed by atoms with Crippen molar-refractivity contribution in [1.82, 2.24) is 9.97 Å². The van der Waals surface area contributed by atoms with Crippen LogP contribution in [0.5, 0.6) is 5.75 Å². The number of benzene rings is 2. The van der Waals surface area contributed by atoms with Crippen LogP contribution in [0.15, 0.2) is 67.0 Å². The van der Waals surface area contributed by atoms with Crippen molar-refractivity contribution < 1.29 is 9.53 Å². The molecule has 2 N–H and O–H groups in total. The summed E-state index contributed by atoms with van der Waals surface area (Å²) in [6, 6.07) is 17.9. The number of fused-ring (bicyclic) bond motifs is 1. The number of nitrogens with zero attached hydrogens (tertiary/aromatic N) is 2. The molecule has 2 heterocycles. The molecule has 0 aliphatic carbocycles. The Morgan fingerprint density at radius 2 is 1.74 bits per heavy atom. The molecule has 2 aromatic carbocycles. The monoisotopic (exact) mass is 468 g/mol. The molecule has 0 fully saturated rings. The molecule has 4 aromatic rings. The van der Waals surface area contributed by atoms with Crippen LogP contribution in [-0.2, 0) is 0 Å². The first-order chi connectivity index (χ1) is 17.1. The lowest BCUT2D eigenvalue weighted by atomic mass is 10.0. The van der Waals surface area contributed by atoms with E-state index in [9.17, 15) is 4.79 Å². The van der Waals surface area contributed by atoms with E-state index >= 15 is 0 Å².